The van der Waals surface area contributed by atoms with Gasteiger partial charge in [-0.05, 0) is 60.9 Å². The number of ether oxygens (including phenoxy) is 1. The summed E-state index contributed by atoms with van der Waals surface area (Å²) in [6.07, 6.45) is 0.893. The van der Waals surface area contributed by atoms with E-state index in [-0.39, 0.29) is 5.91 Å². The van der Waals surface area contributed by atoms with Gasteiger partial charge in [0.1, 0.15) is 11.4 Å². The van der Waals surface area contributed by atoms with Gasteiger partial charge < -0.3 is 15.0 Å². The fraction of sp³-hybridized carbons (Fsp3) is 0.211. The van der Waals surface area contributed by atoms with Gasteiger partial charge in [-0.1, -0.05) is 6.07 Å². The molecule has 2 heterocycles. The Labute approximate surface area is 134 Å². The molecule has 0 saturated carbocycles. The van der Waals surface area contributed by atoms with Crippen molar-refractivity contribution in [3.8, 4) is 5.75 Å². The van der Waals surface area contributed by atoms with Crippen molar-refractivity contribution < 1.29 is 9.53 Å². The molecule has 4 nitrogen and oxygen atoms in total. The average Bonchev–Trinajstić information content (AvgIpc) is 3.17. The highest BCUT2D eigenvalue weighted by molar-refractivity contribution is 6.06. The second kappa shape index (κ2) is 5.16. The molecular formula is C19H18N2O2. The molecule has 23 heavy (non-hydrogen) atoms. The molecule has 116 valence electrons. The van der Waals surface area contributed by atoms with Gasteiger partial charge in [0.15, 0.2) is 0 Å². The number of hydrogen-bond acceptors (Lipinski definition) is 2. The largest absolute Gasteiger partial charge is 0.493 e. The minimum absolute atomic E-state index is 0.128. The van der Waals surface area contributed by atoms with Gasteiger partial charge in [0.2, 0.25) is 0 Å². The van der Waals surface area contributed by atoms with E-state index in [1.54, 1.807) is 0 Å². The lowest BCUT2D eigenvalue weighted by Gasteiger charge is -2.05. The lowest BCUT2D eigenvalue weighted by atomic mass is 10.1. The molecule has 2 N–H and O–H groups in total. The average molecular weight is 306 g/mol. The molecule has 0 spiro atoms. The van der Waals surface area contributed by atoms with E-state index < -0.39 is 0 Å². The molecule has 0 bridgehead atoms. The Bertz CT molecular complexity index is 925. The Morgan fingerprint density at radius 3 is 2.91 bits per heavy atom. The highest BCUT2D eigenvalue weighted by Gasteiger charge is 2.15. The lowest BCUT2D eigenvalue weighted by molar-refractivity contribution is 0.102. The molecule has 0 saturated heterocycles. The van der Waals surface area contributed by atoms with Gasteiger partial charge in [-0.2, -0.15) is 0 Å². The topological polar surface area (TPSA) is 54.1 Å². The van der Waals surface area contributed by atoms with Gasteiger partial charge in [-0.25, -0.2) is 0 Å². The summed E-state index contributed by atoms with van der Waals surface area (Å²) in [5, 5.41) is 4.05. The first-order valence-electron chi connectivity index (χ1n) is 7.78. The Morgan fingerprint density at radius 1 is 1.17 bits per heavy atom. The van der Waals surface area contributed by atoms with Crippen molar-refractivity contribution in [3.05, 3.63) is 58.8 Å². The summed E-state index contributed by atoms with van der Waals surface area (Å²) in [6, 6.07) is 11.8. The fourth-order valence-electron chi connectivity index (χ4n) is 3.04. The van der Waals surface area contributed by atoms with E-state index in [9.17, 15) is 4.79 Å². The van der Waals surface area contributed by atoms with Crippen molar-refractivity contribution in [2.75, 3.05) is 11.9 Å². The number of aryl methyl sites for hydroxylation is 2. The number of carbonyl (C=O) groups excluding carboxylic acids is 1. The van der Waals surface area contributed by atoms with Crippen LogP contribution in [0.4, 0.5) is 5.69 Å². The highest BCUT2D eigenvalue weighted by atomic mass is 16.5. The number of rotatable bonds is 2. The van der Waals surface area contributed by atoms with Gasteiger partial charge >= 0.3 is 0 Å². The zero-order chi connectivity index (χ0) is 16.0. The zero-order valence-electron chi connectivity index (χ0n) is 13.2. The molecule has 1 aliphatic rings. The lowest BCUT2D eigenvalue weighted by Crippen LogP contribution is -2.12. The van der Waals surface area contributed by atoms with Gasteiger partial charge in [0.25, 0.3) is 5.91 Å². The number of benzene rings is 2. The Kier molecular flexibility index (Phi) is 3.11. The van der Waals surface area contributed by atoms with Crippen LogP contribution in [0.25, 0.3) is 10.9 Å². The quantitative estimate of drug-likeness (QED) is 0.752. The number of aromatic nitrogens is 1. The van der Waals surface area contributed by atoms with Crippen LogP contribution >= 0.6 is 0 Å². The number of anilines is 1. The molecule has 3 aromatic rings. The van der Waals surface area contributed by atoms with Gasteiger partial charge in [0, 0.05) is 23.0 Å². The van der Waals surface area contributed by atoms with Gasteiger partial charge in [-0.3, -0.25) is 4.79 Å². The van der Waals surface area contributed by atoms with E-state index in [2.05, 4.69) is 30.2 Å². The second-order valence-corrected chi connectivity index (χ2v) is 6.03. The highest BCUT2D eigenvalue weighted by Crippen LogP contribution is 2.28. The number of carbonyl (C=O) groups is 1. The maximum atomic E-state index is 12.5. The van der Waals surface area contributed by atoms with Crippen molar-refractivity contribution >= 4 is 22.5 Å². The van der Waals surface area contributed by atoms with E-state index in [1.807, 2.05) is 30.3 Å². The summed E-state index contributed by atoms with van der Waals surface area (Å²) in [7, 11) is 0. The smallest absolute Gasteiger partial charge is 0.272 e. The minimum Gasteiger partial charge on any atom is -0.493 e. The van der Waals surface area contributed by atoms with E-state index in [1.165, 1.54) is 11.1 Å². The van der Waals surface area contributed by atoms with Crippen LogP contribution in [-0.2, 0) is 6.42 Å². The standard InChI is InChI=1S/C19H18N2O2/c1-11-3-5-16-15(12(11)2)10-17(21-16)19(22)20-14-4-6-18-13(9-14)7-8-23-18/h3-6,9-10,21H,7-8H2,1-2H3,(H,20,22). The van der Waals surface area contributed by atoms with E-state index in [0.717, 1.165) is 34.3 Å². The fourth-order valence-corrected chi connectivity index (χ4v) is 3.04. The minimum atomic E-state index is -0.128. The number of amides is 1. The van der Waals surface area contributed by atoms with Crippen molar-refractivity contribution in [1.82, 2.24) is 4.98 Å². The molecule has 1 aromatic heterocycles. The van der Waals surface area contributed by atoms with Crippen LogP contribution in [0.5, 0.6) is 5.75 Å². The van der Waals surface area contributed by atoms with E-state index >= 15 is 0 Å². The summed E-state index contributed by atoms with van der Waals surface area (Å²) < 4.78 is 5.49. The Balaban J connectivity index is 1.63. The second-order valence-electron chi connectivity index (χ2n) is 6.03. The monoisotopic (exact) mass is 306 g/mol. The molecule has 1 amide bonds. The van der Waals surface area contributed by atoms with Crippen molar-refractivity contribution in [1.29, 1.82) is 0 Å². The maximum Gasteiger partial charge on any atom is 0.272 e. The number of aromatic amines is 1. The first-order chi connectivity index (χ1) is 11.1. The summed E-state index contributed by atoms with van der Waals surface area (Å²) in [6.45, 7) is 4.87. The third-order valence-corrected chi connectivity index (χ3v) is 4.54. The van der Waals surface area contributed by atoms with Crippen LogP contribution in [0.1, 0.15) is 27.2 Å². The number of nitrogens with one attached hydrogen (secondary N) is 2. The zero-order valence-corrected chi connectivity index (χ0v) is 13.2. The molecule has 1 aliphatic heterocycles. The van der Waals surface area contributed by atoms with Crippen LogP contribution in [0.15, 0.2) is 36.4 Å². The molecule has 2 aromatic carbocycles. The van der Waals surface area contributed by atoms with Crippen LogP contribution in [0, 0.1) is 13.8 Å². The third-order valence-electron chi connectivity index (χ3n) is 4.54. The number of hydrogen-bond donors (Lipinski definition) is 2. The molecule has 0 fully saturated rings. The molecule has 4 rings (SSSR count). The van der Waals surface area contributed by atoms with Crippen LogP contribution in [0.3, 0.4) is 0 Å². The summed E-state index contributed by atoms with van der Waals surface area (Å²) in [4.78, 5) is 15.7. The Hall–Kier alpha value is -2.75. The Morgan fingerprint density at radius 2 is 2.04 bits per heavy atom. The van der Waals surface area contributed by atoms with Crippen LogP contribution in [-0.4, -0.2) is 17.5 Å². The first kappa shape index (κ1) is 13.9. The maximum absolute atomic E-state index is 12.5. The molecule has 0 aliphatic carbocycles. The third kappa shape index (κ3) is 2.36. The summed E-state index contributed by atoms with van der Waals surface area (Å²) in [5.74, 6) is 0.789. The summed E-state index contributed by atoms with van der Waals surface area (Å²) >= 11 is 0. The van der Waals surface area contributed by atoms with E-state index in [0.29, 0.717) is 12.3 Å². The number of H-pyrrole nitrogens is 1. The van der Waals surface area contributed by atoms with Crippen LogP contribution in [0.2, 0.25) is 0 Å². The van der Waals surface area contributed by atoms with Gasteiger partial charge in [-0.15, -0.1) is 0 Å². The van der Waals surface area contributed by atoms with Crippen molar-refractivity contribution in [3.63, 3.8) is 0 Å². The molecular weight excluding hydrogens is 288 g/mol. The predicted octanol–water partition coefficient (Wildman–Crippen LogP) is 3.97. The van der Waals surface area contributed by atoms with Crippen molar-refractivity contribution in [2.24, 2.45) is 0 Å². The molecule has 4 heteroatoms. The predicted molar refractivity (Wildman–Crippen MR) is 91.4 cm³/mol. The molecule has 0 radical (unpaired) electrons. The normalized spacial score (nSPS) is 13.0. The molecule has 0 unspecified atom stereocenters. The van der Waals surface area contributed by atoms with E-state index in [4.69, 9.17) is 4.74 Å². The molecule has 0 atom stereocenters. The van der Waals surface area contributed by atoms with Crippen LogP contribution < -0.4 is 10.1 Å². The first-order valence-corrected chi connectivity index (χ1v) is 7.78. The number of fused-ring (bicyclic) bond motifs is 2. The van der Waals surface area contributed by atoms with Gasteiger partial charge in [0.05, 0.1) is 6.61 Å². The van der Waals surface area contributed by atoms with Crippen molar-refractivity contribution in [2.45, 2.75) is 20.3 Å². The summed E-state index contributed by atoms with van der Waals surface area (Å²) in [5.41, 5.74) is 5.93. The SMILES string of the molecule is Cc1ccc2[nH]c(C(=O)Nc3ccc4c(c3)CCO4)cc2c1C.